The highest BCUT2D eigenvalue weighted by Gasteiger charge is 2.30. The second-order valence-electron chi connectivity index (χ2n) is 6.68. The van der Waals surface area contributed by atoms with Crippen molar-refractivity contribution in [3.05, 3.63) is 63.8 Å². The number of hydrogen-bond acceptors (Lipinski definition) is 4. The van der Waals surface area contributed by atoms with Crippen molar-refractivity contribution < 1.29 is 4.79 Å². The van der Waals surface area contributed by atoms with Crippen molar-refractivity contribution in [3.63, 3.8) is 0 Å². The molecule has 1 saturated heterocycles. The Morgan fingerprint density at radius 2 is 2.12 bits per heavy atom. The van der Waals surface area contributed by atoms with Crippen molar-refractivity contribution in [3.8, 4) is 0 Å². The fraction of sp³-hybridized carbons (Fsp3) is 0.421. The molecule has 1 aromatic carbocycles. The highest BCUT2D eigenvalue weighted by atomic mass is 16.2. The van der Waals surface area contributed by atoms with Crippen LogP contribution in [0, 0.1) is 6.92 Å². The second-order valence-corrected chi connectivity index (χ2v) is 6.68. The lowest BCUT2D eigenvalue weighted by Crippen LogP contribution is -2.55. The molecular weight excluding hydrogens is 316 g/mol. The third-order valence-electron chi connectivity index (χ3n) is 4.75. The van der Waals surface area contributed by atoms with Crippen molar-refractivity contribution in [1.82, 2.24) is 20.2 Å². The maximum absolute atomic E-state index is 12.6. The minimum Gasteiger partial charge on any atom is -0.346 e. The molecule has 0 aliphatic carbocycles. The number of nitrogens with zero attached hydrogens (tertiary/aromatic N) is 2. The molecule has 2 atom stereocenters. The lowest BCUT2D eigenvalue weighted by molar-refractivity contribution is 0.0846. The van der Waals surface area contributed by atoms with Gasteiger partial charge in [0.1, 0.15) is 11.5 Å². The summed E-state index contributed by atoms with van der Waals surface area (Å²) in [6, 6.07) is 11.8. The predicted octanol–water partition coefficient (Wildman–Crippen LogP) is 1.51. The first-order valence-electron chi connectivity index (χ1n) is 8.66. The molecule has 0 bridgehead atoms. The van der Waals surface area contributed by atoms with Gasteiger partial charge in [0.2, 0.25) is 0 Å². The van der Waals surface area contributed by atoms with E-state index in [-0.39, 0.29) is 29.2 Å². The van der Waals surface area contributed by atoms with Crippen molar-refractivity contribution in [2.24, 2.45) is 0 Å². The van der Waals surface area contributed by atoms with E-state index in [0.717, 1.165) is 25.8 Å². The zero-order valence-electron chi connectivity index (χ0n) is 14.7. The van der Waals surface area contributed by atoms with E-state index in [1.54, 1.807) is 6.92 Å². The van der Waals surface area contributed by atoms with Gasteiger partial charge in [-0.2, -0.15) is 0 Å². The van der Waals surface area contributed by atoms with Crippen molar-refractivity contribution in [1.29, 1.82) is 0 Å². The number of carbonyl (C=O) groups excluding carboxylic acids is 1. The average molecular weight is 340 g/mol. The lowest BCUT2D eigenvalue weighted by Gasteiger charge is -2.39. The number of likely N-dealkylation sites (tertiary alicyclic amines) is 1. The molecule has 6 nitrogen and oxygen atoms in total. The van der Waals surface area contributed by atoms with Crippen LogP contribution >= 0.6 is 0 Å². The van der Waals surface area contributed by atoms with Crippen LogP contribution in [-0.4, -0.2) is 46.5 Å². The number of aromatic amines is 1. The number of hydrogen-bond donors (Lipinski definition) is 2. The molecule has 0 saturated carbocycles. The highest BCUT2D eigenvalue weighted by Crippen LogP contribution is 2.20. The van der Waals surface area contributed by atoms with Crippen LogP contribution in [0.3, 0.4) is 0 Å². The van der Waals surface area contributed by atoms with Crippen molar-refractivity contribution in [2.75, 3.05) is 13.6 Å². The van der Waals surface area contributed by atoms with E-state index in [0.29, 0.717) is 5.82 Å². The molecule has 6 heteroatoms. The molecule has 1 aliphatic heterocycles. The lowest BCUT2D eigenvalue weighted by atomic mass is 9.91. The number of nitrogens with one attached hydrogen (secondary N) is 2. The van der Waals surface area contributed by atoms with Gasteiger partial charge in [0.15, 0.2) is 0 Å². The Hall–Kier alpha value is -2.47. The highest BCUT2D eigenvalue weighted by molar-refractivity contribution is 5.92. The van der Waals surface area contributed by atoms with Gasteiger partial charge >= 0.3 is 0 Å². The largest absolute Gasteiger partial charge is 0.346 e. The molecule has 1 aromatic heterocycles. The van der Waals surface area contributed by atoms with Gasteiger partial charge in [0.25, 0.3) is 11.5 Å². The first kappa shape index (κ1) is 17.4. The van der Waals surface area contributed by atoms with Crippen LogP contribution in [0.2, 0.25) is 0 Å². The fourth-order valence-electron chi connectivity index (χ4n) is 3.49. The Balaban J connectivity index is 1.76. The molecule has 0 unspecified atom stereocenters. The molecule has 1 amide bonds. The van der Waals surface area contributed by atoms with E-state index in [4.69, 9.17) is 0 Å². The van der Waals surface area contributed by atoms with Crippen molar-refractivity contribution in [2.45, 2.75) is 38.3 Å². The number of carbonyl (C=O) groups is 1. The molecule has 132 valence electrons. The monoisotopic (exact) mass is 340 g/mol. The summed E-state index contributed by atoms with van der Waals surface area (Å²) in [4.78, 5) is 33.2. The summed E-state index contributed by atoms with van der Waals surface area (Å²) in [6.45, 7) is 2.69. The second kappa shape index (κ2) is 7.61. The first-order valence-corrected chi connectivity index (χ1v) is 8.66. The topological polar surface area (TPSA) is 78.1 Å². The maximum Gasteiger partial charge on any atom is 0.270 e. The fourth-order valence-corrected chi connectivity index (χ4v) is 3.49. The average Bonchev–Trinajstić information content (AvgIpc) is 2.58. The van der Waals surface area contributed by atoms with Gasteiger partial charge in [-0.1, -0.05) is 30.3 Å². The quantitative estimate of drug-likeness (QED) is 0.884. The number of benzene rings is 1. The summed E-state index contributed by atoms with van der Waals surface area (Å²) in [5, 5.41) is 3.09. The first-order chi connectivity index (χ1) is 12.0. The van der Waals surface area contributed by atoms with Gasteiger partial charge in [-0.05, 0) is 45.3 Å². The Kier molecular flexibility index (Phi) is 5.28. The predicted molar refractivity (Wildman–Crippen MR) is 96.6 cm³/mol. The van der Waals surface area contributed by atoms with Crippen LogP contribution in [0.4, 0.5) is 0 Å². The normalized spacial score (nSPS) is 21.0. The minimum absolute atomic E-state index is 0.0350. The third-order valence-corrected chi connectivity index (χ3v) is 4.75. The molecule has 2 N–H and O–H groups in total. The molecule has 1 fully saturated rings. The van der Waals surface area contributed by atoms with Gasteiger partial charge in [-0.3, -0.25) is 9.59 Å². The van der Waals surface area contributed by atoms with E-state index in [2.05, 4.69) is 39.4 Å². The van der Waals surface area contributed by atoms with E-state index < -0.39 is 0 Å². The van der Waals surface area contributed by atoms with E-state index >= 15 is 0 Å². The van der Waals surface area contributed by atoms with Crippen LogP contribution in [0.5, 0.6) is 0 Å². The number of piperidine rings is 1. The van der Waals surface area contributed by atoms with Crippen LogP contribution in [0.25, 0.3) is 0 Å². The number of likely N-dealkylation sites (N-methyl/N-ethyl adjacent to an activating group) is 1. The van der Waals surface area contributed by atoms with Crippen LogP contribution in [0.1, 0.15) is 34.7 Å². The van der Waals surface area contributed by atoms with Gasteiger partial charge < -0.3 is 15.2 Å². The van der Waals surface area contributed by atoms with Crippen molar-refractivity contribution >= 4 is 5.91 Å². The van der Waals surface area contributed by atoms with Gasteiger partial charge in [-0.25, -0.2) is 4.98 Å². The SMILES string of the molecule is Cc1nc(C(=O)N[C@H]2CCCN(C)[C@H]2Cc2ccccc2)cc(=O)[nH]1. The summed E-state index contributed by atoms with van der Waals surface area (Å²) < 4.78 is 0. The molecule has 0 radical (unpaired) electrons. The summed E-state index contributed by atoms with van der Waals surface area (Å²) in [6.07, 6.45) is 2.84. The summed E-state index contributed by atoms with van der Waals surface area (Å²) in [5.74, 6) is 0.159. The Bertz CT molecular complexity index is 788. The zero-order chi connectivity index (χ0) is 17.8. The summed E-state index contributed by atoms with van der Waals surface area (Å²) in [5.41, 5.74) is 1.12. The molecule has 2 aromatic rings. The summed E-state index contributed by atoms with van der Waals surface area (Å²) >= 11 is 0. The van der Waals surface area contributed by atoms with Gasteiger partial charge in [0.05, 0.1) is 0 Å². The molecule has 0 spiro atoms. The van der Waals surface area contributed by atoms with E-state index in [1.807, 2.05) is 18.2 Å². The molecule has 2 heterocycles. The Morgan fingerprint density at radius 3 is 2.84 bits per heavy atom. The van der Waals surface area contributed by atoms with Crippen LogP contribution in [0.15, 0.2) is 41.2 Å². The molecule has 3 rings (SSSR count). The number of amides is 1. The summed E-state index contributed by atoms with van der Waals surface area (Å²) in [7, 11) is 2.10. The zero-order valence-corrected chi connectivity index (χ0v) is 14.7. The number of rotatable bonds is 4. The van der Waals surface area contributed by atoms with Crippen LogP contribution < -0.4 is 10.9 Å². The molecule has 1 aliphatic rings. The molecular formula is C19H24N4O2. The van der Waals surface area contributed by atoms with Gasteiger partial charge in [-0.15, -0.1) is 0 Å². The van der Waals surface area contributed by atoms with E-state index in [9.17, 15) is 9.59 Å². The van der Waals surface area contributed by atoms with Gasteiger partial charge in [0, 0.05) is 18.2 Å². The number of H-pyrrole nitrogens is 1. The smallest absolute Gasteiger partial charge is 0.270 e. The minimum atomic E-state index is -0.306. The number of aryl methyl sites for hydroxylation is 1. The number of aromatic nitrogens is 2. The third kappa shape index (κ3) is 4.33. The van der Waals surface area contributed by atoms with Crippen LogP contribution in [-0.2, 0) is 6.42 Å². The standard InChI is InChI=1S/C19H24N4O2/c1-13-20-16(12-18(24)21-13)19(25)22-15-9-6-10-23(2)17(15)11-14-7-4-3-5-8-14/h3-5,7-8,12,15,17H,6,9-11H2,1-2H3,(H,22,25)(H,20,21,24)/t15-,17-/m0/s1. The Morgan fingerprint density at radius 1 is 1.36 bits per heavy atom. The Labute approximate surface area is 147 Å². The molecule has 25 heavy (non-hydrogen) atoms. The maximum atomic E-state index is 12.6. The van der Waals surface area contributed by atoms with E-state index in [1.165, 1.54) is 11.6 Å².